The number of phenolic OH excluding ortho intramolecular Hbond substituents is 1. The van der Waals surface area contributed by atoms with Crippen LogP contribution in [0.2, 0.25) is 10.0 Å². The Morgan fingerprint density at radius 2 is 2.10 bits per heavy atom. The van der Waals surface area contributed by atoms with Gasteiger partial charge in [-0.25, -0.2) is 5.43 Å². The Bertz CT molecular complexity index is 1030. The standard InChI is InChI=1S/C18H14Cl2N4O4S/c19-12-5-6-15(13(20)7-12)27-9-17-23-24-18(28-17)29-10-16(26)22-21-8-11-3-1-2-4-14(11)25/h1-8,25H,9-10H2,(H,22,26)/b21-8-. The normalized spacial score (nSPS) is 11.0. The number of aromatic nitrogens is 2. The van der Waals surface area contributed by atoms with Gasteiger partial charge in [-0.05, 0) is 30.3 Å². The van der Waals surface area contributed by atoms with Crippen molar-refractivity contribution in [1.29, 1.82) is 0 Å². The van der Waals surface area contributed by atoms with Crippen LogP contribution in [0, 0.1) is 0 Å². The van der Waals surface area contributed by atoms with E-state index in [0.717, 1.165) is 11.8 Å². The Kier molecular flexibility index (Phi) is 7.34. The predicted molar refractivity (Wildman–Crippen MR) is 110 cm³/mol. The maximum absolute atomic E-state index is 11.8. The second-order valence-corrected chi connectivity index (χ2v) is 7.24. The Labute approximate surface area is 179 Å². The second-order valence-electron chi connectivity index (χ2n) is 5.47. The molecule has 0 unspecified atom stereocenters. The van der Waals surface area contributed by atoms with Gasteiger partial charge in [0.25, 0.3) is 17.0 Å². The van der Waals surface area contributed by atoms with Crippen LogP contribution < -0.4 is 10.2 Å². The van der Waals surface area contributed by atoms with E-state index in [4.69, 9.17) is 32.4 Å². The molecule has 0 saturated heterocycles. The molecule has 3 rings (SSSR count). The molecule has 8 nitrogen and oxygen atoms in total. The number of aromatic hydroxyl groups is 1. The van der Waals surface area contributed by atoms with Crippen molar-refractivity contribution in [3.8, 4) is 11.5 Å². The second kappa shape index (κ2) is 10.1. The molecule has 0 aliphatic carbocycles. The summed E-state index contributed by atoms with van der Waals surface area (Å²) >= 11 is 12.9. The Morgan fingerprint density at radius 3 is 2.90 bits per heavy atom. The first-order chi connectivity index (χ1) is 14.0. The molecular weight excluding hydrogens is 439 g/mol. The number of hydrazone groups is 1. The van der Waals surface area contributed by atoms with Crippen molar-refractivity contribution < 1.29 is 19.1 Å². The highest BCUT2D eigenvalue weighted by Gasteiger charge is 2.11. The number of ether oxygens (including phenoxy) is 1. The number of amides is 1. The summed E-state index contributed by atoms with van der Waals surface area (Å²) in [5, 5.41) is 22.2. The molecule has 2 N–H and O–H groups in total. The van der Waals surface area contributed by atoms with Gasteiger partial charge in [0.1, 0.15) is 11.5 Å². The zero-order valence-electron chi connectivity index (χ0n) is 14.7. The van der Waals surface area contributed by atoms with Crippen molar-refractivity contribution in [2.24, 2.45) is 5.10 Å². The smallest absolute Gasteiger partial charge is 0.277 e. The summed E-state index contributed by atoms with van der Waals surface area (Å²) in [6, 6.07) is 11.5. The Morgan fingerprint density at radius 1 is 1.28 bits per heavy atom. The molecule has 29 heavy (non-hydrogen) atoms. The van der Waals surface area contributed by atoms with Gasteiger partial charge in [0, 0.05) is 10.6 Å². The molecule has 3 aromatic rings. The first-order valence-corrected chi connectivity index (χ1v) is 9.88. The summed E-state index contributed by atoms with van der Waals surface area (Å²) in [6.07, 6.45) is 1.35. The number of halogens is 2. The van der Waals surface area contributed by atoms with Crippen molar-refractivity contribution in [2.75, 3.05) is 5.75 Å². The summed E-state index contributed by atoms with van der Waals surface area (Å²) in [5.74, 6) is 0.386. The van der Waals surface area contributed by atoms with Crippen LogP contribution in [0.3, 0.4) is 0 Å². The van der Waals surface area contributed by atoms with E-state index in [-0.39, 0.29) is 35.1 Å². The van der Waals surface area contributed by atoms with Crippen LogP contribution in [0.15, 0.2) is 57.2 Å². The van der Waals surface area contributed by atoms with Gasteiger partial charge in [0.2, 0.25) is 0 Å². The van der Waals surface area contributed by atoms with Gasteiger partial charge in [0.05, 0.1) is 17.0 Å². The maximum Gasteiger partial charge on any atom is 0.277 e. The lowest BCUT2D eigenvalue weighted by Crippen LogP contribution is -2.19. The maximum atomic E-state index is 11.8. The fraction of sp³-hybridized carbons (Fsp3) is 0.111. The molecule has 2 aromatic carbocycles. The number of nitrogens with zero attached hydrogens (tertiary/aromatic N) is 3. The Balaban J connectivity index is 1.44. The lowest BCUT2D eigenvalue weighted by molar-refractivity contribution is -0.118. The topological polar surface area (TPSA) is 110 Å². The highest BCUT2D eigenvalue weighted by atomic mass is 35.5. The molecule has 11 heteroatoms. The highest BCUT2D eigenvalue weighted by Crippen LogP contribution is 2.28. The van der Waals surface area contributed by atoms with Crippen molar-refractivity contribution >= 4 is 47.1 Å². The fourth-order valence-corrected chi connectivity index (χ4v) is 3.05. The summed E-state index contributed by atoms with van der Waals surface area (Å²) in [6.45, 7) is 0.0198. The van der Waals surface area contributed by atoms with Gasteiger partial charge >= 0.3 is 0 Å². The molecule has 0 fully saturated rings. The van der Waals surface area contributed by atoms with Crippen molar-refractivity contribution in [3.63, 3.8) is 0 Å². The molecule has 1 heterocycles. The van der Waals surface area contributed by atoms with E-state index in [9.17, 15) is 9.90 Å². The average molecular weight is 453 g/mol. The SMILES string of the molecule is O=C(CSc1nnc(COc2ccc(Cl)cc2Cl)o1)N/N=C\c1ccccc1O. The van der Waals surface area contributed by atoms with E-state index >= 15 is 0 Å². The number of carbonyl (C=O) groups is 1. The van der Waals surface area contributed by atoms with Crippen LogP contribution in [0.25, 0.3) is 0 Å². The van der Waals surface area contributed by atoms with E-state index in [1.54, 1.807) is 36.4 Å². The van der Waals surface area contributed by atoms with Gasteiger partial charge in [-0.2, -0.15) is 5.10 Å². The van der Waals surface area contributed by atoms with Crippen LogP contribution in [-0.4, -0.2) is 33.2 Å². The fourth-order valence-electron chi connectivity index (χ4n) is 2.02. The molecule has 0 aliphatic rings. The third kappa shape index (κ3) is 6.38. The van der Waals surface area contributed by atoms with Crippen LogP contribution >= 0.6 is 35.0 Å². The number of carbonyl (C=O) groups excluding carboxylic acids is 1. The first-order valence-electron chi connectivity index (χ1n) is 8.14. The molecule has 1 aromatic heterocycles. The third-order valence-corrected chi connectivity index (χ3v) is 4.70. The Hall–Kier alpha value is -2.75. The number of hydrogen-bond donors (Lipinski definition) is 2. The summed E-state index contributed by atoms with van der Waals surface area (Å²) in [7, 11) is 0. The highest BCUT2D eigenvalue weighted by molar-refractivity contribution is 7.99. The molecule has 0 aliphatic heterocycles. The minimum atomic E-state index is -0.370. The van der Waals surface area contributed by atoms with Crippen molar-refractivity contribution in [3.05, 3.63) is 64.0 Å². The summed E-state index contributed by atoms with van der Waals surface area (Å²) in [4.78, 5) is 11.8. The van der Waals surface area contributed by atoms with E-state index in [1.165, 1.54) is 12.3 Å². The quantitative estimate of drug-likeness (QED) is 0.302. The van der Waals surface area contributed by atoms with Crippen LogP contribution in [-0.2, 0) is 11.4 Å². The number of thioether (sulfide) groups is 1. The number of rotatable bonds is 8. The zero-order chi connectivity index (χ0) is 20.6. The number of phenols is 1. The molecule has 0 spiro atoms. The molecule has 150 valence electrons. The molecule has 0 radical (unpaired) electrons. The minimum absolute atomic E-state index is 0.0175. The monoisotopic (exact) mass is 452 g/mol. The van der Waals surface area contributed by atoms with Gasteiger partial charge in [-0.1, -0.05) is 47.1 Å². The van der Waals surface area contributed by atoms with Gasteiger partial charge in [0.15, 0.2) is 6.61 Å². The lowest BCUT2D eigenvalue weighted by atomic mass is 10.2. The van der Waals surface area contributed by atoms with E-state index < -0.39 is 0 Å². The lowest BCUT2D eigenvalue weighted by Gasteiger charge is -2.05. The molecular formula is C18H14Cl2N4O4S. The summed E-state index contributed by atoms with van der Waals surface area (Å²) in [5.41, 5.74) is 2.84. The third-order valence-electron chi connectivity index (χ3n) is 3.35. The number of nitrogens with one attached hydrogen (secondary N) is 1. The summed E-state index contributed by atoms with van der Waals surface area (Å²) < 4.78 is 10.9. The molecule has 1 amide bonds. The molecule has 0 atom stereocenters. The van der Waals surface area contributed by atoms with E-state index in [0.29, 0.717) is 21.4 Å². The average Bonchev–Trinajstić information content (AvgIpc) is 3.15. The first kappa shape index (κ1) is 21.0. The number of hydrogen-bond acceptors (Lipinski definition) is 8. The van der Waals surface area contributed by atoms with Crippen LogP contribution in [0.1, 0.15) is 11.5 Å². The minimum Gasteiger partial charge on any atom is -0.507 e. The largest absolute Gasteiger partial charge is 0.507 e. The zero-order valence-corrected chi connectivity index (χ0v) is 17.0. The van der Waals surface area contributed by atoms with Crippen LogP contribution in [0.5, 0.6) is 11.5 Å². The number of para-hydroxylation sites is 1. The van der Waals surface area contributed by atoms with Crippen molar-refractivity contribution in [2.45, 2.75) is 11.8 Å². The van der Waals surface area contributed by atoms with E-state index in [2.05, 4.69) is 20.7 Å². The van der Waals surface area contributed by atoms with Gasteiger partial charge < -0.3 is 14.3 Å². The number of benzene rings is 2. The van der Waals surface area contributed by atoms with Gasteiger partial charge in [-0.15, -0.1) is 10.2 Å². The van der Waals surface area contributed by atoms with Crippen LogP contribution in [0.4, 0.5) is 0 Å². The van der Waals surface area contributed by atoms with E-state index in [1.807, 2.05) is 0 Å². The van der Waals surface area contributed by atoms with Crippen molar-refractivity contribution in [1.82, 2.24) is 15.6 Å². The molecule has 0 bridgehead atoms. The van der Waals surface area contributed by atoms with Gasteiger partial charge in [-0.3, -0.25) is 4.79 Å². The predicted octanol–water partition coefficient (Wildman–Crippen LogP) is 3.90. The molecule has 0 saturated carbocycles.